The summed E-state index contributed by atoms with van der Waals surface area (Å²) < 4.78 is 6.02. The Morgan fingerprint density at radius 3 is 2.69 bits per heavy atom. The Hall–Kier alpha value is -0.320. The van der Waals surface area contributed by atoms with Crippen molar-refractivity contribution >= 4 is 15.9 Å². The summed E-state index contributed by atoms with van der Waals surface area (Å²) in [6.45, 7) is 4.60. The number of nitrogens with one attached hydrogen (secondary N) is 1. The number of rotatable bonds is 4. The number of hydrogen-bond donors (Lipinski definition) is 2. The van der Waals surface area contributed by atoms with Gasteiger partial charge in [0.15, 0.2) is 4.67 Å². The van der Waals surface area contributed by atoms with E-state index in [4.69, 9.17) is 9.52 Å². The van der Waals surface area contributed by atoms with Gasteiger partial charge in [-0.15, -0.1) is 0 Å². The molecule has 1 heterocycles. The number of aliphatic hydroxyl groups is 1. The van der Waals surface area contributed by atoms with E-state index in [1.807, 2.05) is 26.0 Å². The average molecular weight is 248 g/mol. The van der Waals surface area contributed by atoms with Crippen molar-refractivity contribution in [3.05, 3.63) is 22.6 Å². The summed E-state index contributed by atoms with van der Waals surface area (Å²) in [7, 11) is 0. The van der Waals surface area contributed by atoms with Gasteiger partial charge in [-0.25, -0.2) is 0 Å². The van der Waals surface area contributed by atoms with Gasteiger partial charge >= 0.3 is 0 Å². The molecule has 0 aliphatic carbocycles. The van der Waals surface area contributed by atoms with Crippen molar-refractivity contribution in [3.63, 3.8) is 0 Å². The maximum absolute atomic E-state index is 8.97. The van der Waals surface area contributed by atoms with Crippen LogP contribution >= 0.6 is 15.9 Å². The molecule has 0 bridgehead atoms. The van der Waals surface area contributed by atoms with Crippen LogP contribution in [0.1, 0.15) is 19.6 Å². The molecule has 13 heavy (non-hydrogen) atoms. The third-order valence-electron chi connectivity index (χ3n) is 1.77. The van der Waals surface area contributed by atoms with E-state index in [-0.39, 0.29) is 12.1 Å². The number of halogens is 1. The zero-order valence-electron chi connectivity index (χ0n) is 7.80. The molecule has 0 radical (unpaired) electrons. The topological polar surface area (TPSA) is 45.4 Å². The fraction of sp³-hybridized carbons (Fsp3) is 0.556. The van der Waals surface area contributed by atoms with E-state index >= 15 is 0 Å². The van der Waals surface area contributed by atoms with E-state index in [0.717, 1.165) is 10.4 Å². The van der Waals surface area contributed by atoms with Gasteiger partial charge in [0.25, 0.3) is 0 Å². The number of furan rings is 1. The molecule has 0 fully saturated rings. The molecule has 0 spiro atoms. The lowest BCUT2D eigenvalue weighted by molar-refractivity contribution is 0.184. The molecule has 0 aliphatic heterocycles. The predicted octanol–water partition coefficient (Wildman–Crippen LogP) is 1.90. The van der Waals surface area contributed by atoms with Gasteiger partial charge in [0.1, 0.15) is 5.76 Å². The van der Waals surface area contributed by atoms with Gasteiger partial charge in [-0.05, 0) is 41.9 Å². The Kier molecular flexibility index (Phi) is 3.53. The first-order valence-corrected chi connectivity index (χ1v) is 4.93. The highest BCUT2D eigenvalue weighted by Crippen LogP contribution is 2.14. The summed E-state index contributed by atoms with van der Waals surface area (Å²) in [4.78, 5) is 0. The smallest absolute Gasteiger partial charge is 0.169 e. The van der Waals surface area contributed by atoms with Gasteiger partial charge in [-0.1, -0.05) is 0 Å². The first kappa shape index (κ1) is 10.8. The average Bonchev–Trinajstić information content (AvgIpc) is 2.48. The van der Waals surface area contributed by atoms with E-state index in [2.05, 4.69) is 21.2 Å². The first-order chi connectivity index (χ1) is 6.03. The van der Waals surface area contributed by atoms with Gasteiger partial charge in [-0.2, -0.15) is 0 Å². The predicted molar refractivity (Wildman–Crippen MR) is 54.4 cm³/mol. The molecule has 0 aromatic carbocycles. The fourth-order valence-electron chi connectivity index (χ4n) is 0.829. The third kappa shape index (κ3) is 3.50. The van der Waals surface area contributed by atoms with E-state index in [1.54, 1.807) is 0 Å². The van der Waals surface area contributed by atoms with Crippen LogP contribution in [0.4, 0.5) is 0 Å². The van der Waals surface area contributed by atoms with Crippen LogP contribution in [0.3, 0.4) is 0 Å². The van der Waals surface area contributed by atoms with E-state index in [9.17, 15) is 0 Å². The molecule has 3 nitrogen and oxygen atoms in total. The SMILES string of the molecule is CC(C)(CO)NCc1ccc(Br)o1. The Bertz CT molecular complexity index is 270. The maximum Gasteiger partial charge on any atom is 0.169 e. The minimum absolute atomic E-state index is 0.106. The summed E-state index contributed by atoms with van der Waals surface area (Å²) in [5.41, 5.74) is -0.265. The van der Waals surface area contributed by atoms with E-state index in [1.165, 1.54) is 0 Å². The number of hydrogen-bond acceptors (Lipinski definition) is 3. The lowest BCUT2D eigenvalue weighted by Gasteiger charge is -2.22. The zero-order chi connectivity index (χ0) is 9.90. The van der Waals surface area contributed by atoms with Gasteiger partial charge in [0.05, 0.1) is 13.2 Å². The lowest BCUT2D eigenvalue weighted by Crippen LogP contribution is -2.41. The van der Waals surface area contributed by atoms with Crippen LogP contribution in [0, 0.1) is 0 Å². The maximum atomic E-state index is 8.97. The minimum Gasteiger partial charge on any atom is -0.453 e. The number of aliphatic hydroxyl groups excluding tert-OH is 1. The van der Waals surface area contributed by atoms with Gasteiger partial charge in [0.2, 0.25) is 0 Å². The Morgan fingerprint density at radius 2 is 2.23 bits per heavy atom. The molecule has 2 N–H and O–H groups in total. The van der Waals surface area contributed by atoms with Crippen LogP contribution < -0.4 is 5.32 Å². The van der Waals surface area contributed by atoms with Gasteiger partial charge in [0, 0.05) is 5.54 Å². The molecule has 0 atom stereocenters. The first-order valence-electron chi connectivity index (χ1n) is 4.13. The Balaban J connectivity index is 2.43. The minimum atomic E-state index is -0.265. The van der Waals surface area contributed by atoms with Gasteiger partial charge < -0.3 is 14.8 Å². The summed E-state index contributed by atoms with van der Waals surface area (Å²) in [6, 6.07) is 3.74. The Morgan fingerprint density at radius 1 is 1.54 bits per heavy atom. The molecule has 0 saturated carbocycles. The van der Waals surface area contributed by atoms with Crippen molar-refractivity contribution in [2.24, 2.45) is 0 Å². The molecular weight excluding hydrogens is 234 g/mol. The quantitative estimate of drug-likeness (QED) is 0.855. The molecule has 1 aromatic heterocycles. The third-order valence-corrected chi connectivity index (χ3v) is 2.19. The standard InChI is InChI=1S/C9H14BrNO2/c1-9(2,6-12)11-5-7-3-4-8(10)13-7/h3-4,11-12H,5-6H2,1-2H3. The largest absolute Gasteiger partial charge is 0.453 e. The summed E-state index contributed by atoms with van der Waals surface area (Å²) in [5.74, 6) is 0.855. The molecule has 0 aliphatic rings. The van der Waals surface area contributed by atoms with Crippen LogP contribution in [0.5, 0.6) is 0 Å². The van der Waals surface area contributed by atoms with Crippen molar-refractivity contribution < 1.29 is 9.52 Å². The molecular formula is C9H14BrNO2. The Labute approximate surface area is 86.3 Å². The van der Waals surface area contributed by atoms with Crippen molar-refractivity contribution in [2.45, 2.75) is 25.9 Å². The second-order valence-electron chi connectivity index (χ2n) is 3.60. The molecule has 4 heteroatoms. The summed E-state index contributed by atoms with van der Waals surface area (Å²) in [5, 5.41) is 12.1. The monoisotopic (exact) mass is 247 g/mol. The highest BCUT2D eigenvalue weighted by atomic mass is 79.9. The second-order valence-corrected chi connectivity index (χ2v) is 4.38. The van der Waals surface area contributed by atoms with Crippen LogP contribution in [0.2, 0.25) is 0 Å². The van der Waals surface area contributed by atoms with Crippen LogP contribution in [-0.2, 0) is 6.54 Å². The molecule has 0 amide bonds. The van der Waals surface area contributed by atoms with Crippen LogP contribution in [0.15, 0.2) is 21.2 Å². The van der Waals surface area contributed by atoms with Crippen molar-refractivity contribution in [2.75, 3.05) is 6.61 Å². The fourth-order valence-corrected chi connectivity index (χ4v) is 1.17. The molecule has 0 unspecified atom stereocenters. The molecule has 1 rings (SSSR count). The normalized spacial score (nSPS) is 12.0. The summed E-state index contributed by atoms with van der Waals surface area (Å²) >= 11 is 3.23. The lowest BCUT2D eigenvalue weighted by atomic mass is 10.1. The summed E-state index contributed by atoms with van der Waals surface area (Å²) in [6.07, 6.45) is 0. The van der Waals surface area contributed by atoms with Crippen LogP contribution in [-0.4, -0.2) is 17.3 Å². The van der Waals surface area contributed by atoms with Crippen molar-refractivity contribution in [1.82, 2.24) is 5.32 Å². The highest BCUT2D eigenvalue weighted by molar-refractivity contribution is 9.10. The second kappa shape index (κ2) is 4.26. The zero-order valence-corrected chi connectivity index (χ0v) is 9.39. The van der Waals surface area contributed by atoms with Crippen molar-refractivity contribution in [1.29, 1.82) is 0 Å². The van der Waals surface area contributed by atoms with Crippen molar-refractivity contribution in [3.8, 4) is 0 Å². The van der Waals surface area contributed by atoms with Crippen LogP contribution in [0.25, 0.3) is 0 Å². The molecule has 74 valence electrons. The van der Waals surface area contributed by atoms with E-state index in [0.29, 0.717) is 6.54 Å². The molecule has 0 saturated heterocycles. The van der Waals surface area contributed by atoms with Gasteiger partial charge in [-0.3, -0.25) is 0 Å². The van der Waals surface area contributed by atoms with E-state index < -0.39 is 0 Å². The molecule has 1 aromatic rings. The highest BCUT2D eigenvalue weighted by Gasteiger charge is 2.15.